The zero-order chi connectivity index (χ0) is 24.6. The van der Waals surface area contributed by atoms with Gasteiger partial charge in [0.2, 0.25) is 0 Å². The van der Waals surface area contributed by atoms with Gasteiger partial charge in [-0.25, -0.2) is 0 Å². The summed E-state index contributed by atoms with van der Waals surface area (Å²) in [4.78, 5) is 2.60. The summed E-state index contributed by atoms with van der Waals surface area (Å²) < 4.78 is 0. The van der Waals surface area contributed by atoms with Crippen LogP contribution in [-0.2, 0) is 6.42 Å². The van der Waals surface area contributed by atoms with Crippen LogP contribution in [0.2, 0.25) is 0 Å². The molecule has 3 heterocycles. The maximum Gasteiger partial charge on any atom is 0.0730 e. The standard InChI is InChI=1S/C34H36N2/c1-23-10-8-13-26(18-23)32-22-36-21-28(29-14-6-7-16-31(29)33(36)19-25(32)3)20-27-12-4-5-15-30(27)34-24(2)11-9-17-35-34/h4-9,11-16,18-19,22-23,28,33,35H,10,17,20-21H2,1-3H3/t23?,28-,33?/m0/s1. The predicted molar refractivity (Wildman–Crippen MR) is 151 cm³/mol. The highest BCUT2D eigenvalue weighted by atomic mass is 15.2. The summed E-state index contributed by atoms with van der Waals surface area (Å²) in [5.41, 5.74) is 12.5. The fourth-order valence-corrected chi connectivity index (χ4v) is 6.34. The second-order valence-electron chi connectivity index (χ2n) is 10.8. The van der Waals surface area contributed by atoms with Crippen LogP contribution in [0, 0.1) is 5.92 Å². The second kappa shape index (κ2) is 9.50. The van der Waals surface area contributed by atoms with E-state index in [0.717, 1.165) is 25.9 Å². The largest absolute Gasteiger partial charge is 0.381 e. The molecule has 182 valence electrons. The highest BCUT2D eigenvalue weighted by Crippen LogP contribution is 2.44. The van der Waals surface area contributed by atoms with Crippen molar-refractivity contribution < 1.29 is 0 Å². The van der Waals surface area contributed by atoms with Crippen LogP contribution < -0.4 is 5.32 Å². The minimum atomic E-state index is 0.317. The maximum absolute atomic E-state index is 3.63. The molecule has 2 unspecified atom stereocenters. The van der Waals surface area contributed by atoms with Gasteiger partial charge < -0.3 is 10.2 Å². The van der Waals surface area contributed by atoms with Crippen molar-refractivity contribution in [3.05, 3.63) is 136 Å². The molecule has 3 atom stereocenters. The molecule has 2 nitrogen and oxygen atoms in total. The van der Waals surface area contributed by atoms with Gasteiger partial charge >= 0.3 is 0 Å². The van der Waals surface area contributed by atoms with Crippen molar-refractivity contribution in [1.29, 1.82) is 0 Å². The Kier molecular flexibility index (Phi) is 6.05. The third-order valence-corrected chi connectivity index (χ3v) is 8.16. The topological polar surface area (TPSA) is 15.3 Å². The molecule has 1 aliphatic carbocycles. The molecule has 0 fully saturated rings. The first-order valence-corrected chi connectivity index (χ1v) is 13.4. The zero-order valence-electron chi connectivity index (χ0n) is 21.7. The van der Waals surface area contributed by atoms with E-state index in [1.807, 2.05) is 0 Å². The van der Waals surface area contributed by atoms with Gasteiger partial charge in [0.25, 0.3) is 0 Å². The predicted octanol–water partition coefficient (Wildman–Crippen LogP) is 7.63. The van der Waals surface area contributed by atoms with Gasteiger partial charge in [0.15, 0.2) is 0 Å². The molecular formula is C34H36N2. The Morgan fingerprint density at radius 2 is 1.72 bits per heavy atom. The van der Waals surface area contributed by atoms with Gasteiger partial charge in [-0.3, -0.25) is 0 Å². The minimum absolute atomic E-state index is 0.317. The van der Waals surface area contributed by atoms with Crippen LogP contribution >= 0.6 is 0 Å². The summed E-state index contributed by atoms with van der Waals surface area (Å²) in [5, 5.41) is 3.63. The molecule has 2 heteroatoms. The molecule has 36 heavy (non-hydrogen) atoms. The molecule has 0 saturated carbocycles. The van der Waals surface area contributed by atoms with Crippen LogP contribution in [0.15, 0.2) is 113 Å². The molecule has 1 N–H and O–H groups in total. The quantitative estimate of drug-likeness (QED) is 0.492. The first-order chi connectivity index (χ1) is 17.6. The lowest BCUT2D eigenvalue weighted by Crippen LogP contribution is -2.36. The molecule has 3 aliphatic heterocycles. The number of nitrogens with zero attached hydrogens (tertiary/aromatic N) is 1. The van der Waals surface area contributed by atoms with Crippen molar-refractivity contribution >= 4 is 5.70 Å². The molecular weight excluding hydrogens is 436 g/mol. The van der Waals surface area contributed by atoms with Crippen molar-refractivity contribution in [1.82, 2.24) is 10.2 Å². The lowest BCUT2D eigenvalue weighted by atomic mass is 9.78. The Balaban J connectivity index is 1.37. The SMILES string of the molecule is CC1=CC2c3ccccc3[C@@H](Cc3ccccc3C3=C(C)C=CCN3)CN2C=C1C1=CC(C)CC=C1. The first kappa shape index (κ1) is 22.9. The number of fused-ring (bicyclic) bond motifs is 3. The average Bonchev–Trinajstić information content (AvgIpc) is 2.90. The third kappa shape index (κ3) is 4.19. The van der Waals surface area contributed by atoms with E-state index < -0.39 is 0 Å². The fraction of sp³-hybridized carbons (Fsp3) is 0.294. The van der Waals surface area contributed by atoms with E-state index in [4.69, 9.17) is 0 Å². The van der Waals surface area contributed by atoms with E-state index >= 15 is 0 Å². The highest BCUT2D eigenvalue weighted by molar-refractivity contribution is 5.72. The normalized spacial score (nSPS) is 24.9. The van der Waals surface area contributed by atoms with Crippen LogP contribution in [0.1, 0.15) is 61.4 Å². The van der Waals surface area contributed by atoms with Crippen molar-refractivity contribution in [2.24, 2.45) is 5.92 Å². The molecule has 0 spiro atoms. The average molecular weight is 473 g/mol. The smallest absolute Gasteiger partial charge is 0.0730 e. The van der Waals surface area contributed by atoms with Gasteiger partial charge in [0.1, 0.15) is 0 Å². The van der Waals surface area contributed by atoms with Crippen LogP contribution in [0.4, 0.5) is 0 Å². The van der Waals surface area contributed by atoms with Crippen molar-refractivity contribution in [2.75, 3.05) is 13.1 Å². The lowest BCUT2D eigenvalue weighted by Gasteiger charge is -2.43. The summed E-state index contributed by atoms with van der Waals surface area (Å²) in [7, 11) is 0. The van der Waals surface area contributed by atoms with Crippen LogP contribution in [0.5, 0.6) is 0 Å². The van der Waals surface area contributed by atoms with Crippen LogP contribution in [0.25, 0.3) is 5.70 Å². The molecule has 4 aliphatic rings. The van der Waals surface area contributed by atoms with Crippen LogP contribution in [0.3, 0.4) is 0 Å². The summed E-state index contributed by atoms with van der Waals surface area (Å²) in [6, 6.07) is 18.4. The van der Waals surface area contributed by atoms with Gasteiger partial charge in [-0.2, -0.15) is 0 Å². The Morgan fingerprint density at radius 1 is 0.917 bits per heavy atom. The Morgan fingerprint density at radius 3 is 2.56 bits per heavy atom. The molecule has 0 amide bonds. The second-order valence-corrected chi connectivity index (χ2v) is 10.8. The van der Waals surface area contributed by atoms with Gasteiger partial charge in [0, 0.05) is 36.5 Å². The summed E-state index contributed by atoms with van der Waals surface area (Å²) in [5.74, 6) is 1.04. The van der Waals surface area contributed by atoms with E-state index in [0.29, 0.717) is 17.9 Å². The van der Waals surface area contributed by atoms with Crippen molar-refractivity contribution in [2.45, 2.75) is 45.6 Å². The van der Waals surface area contributed by atoms with E-state index in [9.17, 15) is 0 Å². The maximum atomic E-state index is 3.63. The molecule has 2 aromatic rings. The minimum Gasteiger partial charge on any atom is -0.381 e. The summed E-state index contributed by atoms with van der Waals surface area (Å²) in [6.45, 7) is 8.72. The third-order valence-electron chi connectivity index (χ3n) is 8.16. The van der Waals surface area contributed by atoms with Crippen molar-refractivity contribution in [3.8, 4) is 0 Å². The highest BCUT2D eigenvalue weighted by Gasteiger charge is 2.33. The molecule has 6 rings (SSSR count). The fourth-order valence-electron chi connectivity index (χ4n) is 6.34. The number of hydrogen-bond acceptors (Lipinski definition) is 2. The number of dihydropyridines is 1. The Labute approximate surface area is 216 Å². The zero-order valence-corrected chi connectivity index (χ0v) is 21.7. The summed E-state index contributed by atoms with van der Waals surface area (Å²) >= 11 is 0. The van der Waals surface area contributed by atoms with E-state index in [1.54, 1.807) is 0 Å². The van der Waals surface area contributed by atoms with E-state index in [2.05, 4.69) is 122 Å². The summed E-state index contributed by atoms with van der Waals surface area (Å²) in [6.07, 6.45) is 18.6. The molecule has 2 aromatic carbocycles. The van der Waals surface area contributed by atoms with Crippen molar-refractivity contribution in [3.63, 3.8) is 0 Å². The van der Waals surface area contributed by atoms with E-state index in [-0.39, 0.29) is 0 Å². The number of nitrogens with one attached hydrogen (secondary N) is 1. The Bertz CT molecular complexity index is 1360. The monoisotopic (exact) mass is 472 g/mol. The molecule has 0 bridgehead atoms. The number of benzene rings is 2. The van der Waals surface area contributed by atoms with E-state index in [1.165, 1.54) is 50.2 Å². The van der Waals surface area contributed by atoms with Gasteiger partial charge in [0.05, 0.1) is 6.04 Å². The van der Waals surface area contributed by atoms with Gasteiger partial charge in [-0.15, -0.1) is 0 Å². The van der Waals surface area contributed by atoms with Crippen LogP contribution in [-0.4, -0.2) is 18.0 Å². The van der Waals surface area contributed by atoms with Gasteiger partial charge in [-0.05, 0) is 71.6 Å². The molecule has 0 radical (unpaired) electrons. The lowest BCUT2D eigenvalue weighted by molar-refractivity contribution is 0.270. The van der Waals surface area contributed by atoms with Gasteiger partial charge in [-0.1, -0.05) is 91.9 Å². The number of rotatable bonds is 4. The number of hydrogen-bond donors (Lipinski definition) is 1. The number of allylic oxidation sites excluding steroid dienone is 8. The Hall–Kier alpha value is -3.52. The molecule has 0 aromatic heterocycles. The first-order valence-electron chi connectivity index (χ1n) is 13.4. The molecule has 0 saturated heterocycles.